The number of carbonyl (C=O) groups excluding carboxylic acids is 1. The molecule has 0 aromatic heterocycles. The summed E-state index contributed by atoms with van der Waals surface area (Å²) in [5.41, 5.74) is 2.20. The first kappa shape index (κ1) is 15.3. The molecule has 0 fully saturated rings. The van der Waals surface area contributed by atoms with Crippen LogP contribution in [-0.2, 0) is 4.79 Å². The Hall–Kier alpha value is -0.780. The minimum atomic E-state index is -0.193. The fourth-order valence-electron chi connectivity index (χ4n) is 1.85. The first-order chi connectivity index (χ1) is 8.49. The van der Waals surface area contributed by atoms with Gasteiger partial charge in [0.15, 0.2) is 0 Å². The third-order valence-corrected chi connectivity index (χ3v) is 3.69. The van der Waals surface area contributed by atoms with E-state index in [4.69, 9.17) is 0 Å². The Balaban J connectivity index is 2.77. The molecule has 1 atom stereocenters. The minimum Gasteiger partial charge on any atom is -0.374 e. The standard InChI is InChI=1S/C14H21IN2O/c1-5-17(6-2)14(18)11(4)16-13-9-12(15)8-7-10(13)3/h7-9,11,16H,5-6H2,1-4H3. The number of carbonyl (C=O) groups is 1. The molecule has 0 radical (unpaired) electrons. The van der Waals surface area contributed by atoms with E-state index in [1.807, 2.05) is 32.6 Å². The van der Waals surface area contributed by atoms with Crippen LogP contribution < -0.4 is 5.32 Å². The van der Waals surface area contributed by atoms with Gasteiger partial charge >= 0.3 is 0 Å². The lowest BCUT2D eigenvalue weighted by molar-refractivity contribution is -0.131. The lowest BCUT2D eigenvalue weighted by Crippen LogP contribution is -2.41. The van der Waals surface area contributed by atoms with Gasteiger partial charge in [-0.15, -0.1) is 0 Å². The molecule has 0 aliphatic heterocycles. The number of anilines is 1. The number of hydrogen-bond donors (Lipinski definition) is 1. The number of hydrogen-bond acceptors (Lipinski definition) is 2. The van der Waals surface area contributed by atoms with Crippen molar-refractivity contribution in [3.63, 3.8) is 0 Å². The van der Waals surface area contributed by atoms with Crippen LogP contribution >= 0.6 is 22.6 Å². The van der Waals surface area contributed by atoms with Gasteiger partial charge < -0.3 is 10.2 Å². The van der Waals surface area contributed by atoms with Crippen molar-refractivity contribution < 1.29 is 4.79 Å². The van der Waals surface area contributed by atoms with Gasteiger partial charge in [0.1, 0.15) is 6.04 Å². The van der Waals surface area contributed by atoms with Crippen molar-refractivity contribution >= 4 is 34.2 Å². The number of nitrogens with one attached hydrogen (secondary N) is 1. The second kappa shape index (κ2) is 6.97. The van der Waals surface area contributed by atoms with Gasteiger partial charge in [0.2, 0.25) is 5.91 Å². The zero-order chi connectivity index (χ0) is 13.7. The van der Waals surface area contributed by atoms with E-state index >= 15 is 0 Å². The molecule has 1 amide bonds. The second-order valence-corrected chi connectivity index (χ2v) is 5.58. The van der Waals surface area contributed by atoms with E-state index in [9.17, 15) is 4.79 Å². The Morgan fingerprint density at radius 3 is 2.56 bits per heavy atom. The Morgan fingerprint density at radius 2 is 2.00 bits per heavy atom. The van der Waals surface area contributed by atoms with Crippen LogP contribution in [0.3, 0.4) is 0 Å². The molecule has 1 aromatic rings. The molecule has 1 N–H and O–H groups in total. The zero-order valence-electron chi connectivity index (χ0n) is 11.5. The van der Waals surface area contributed by atoms with Gasteiger partial charge in [0.25, 0.3) is 0 Å². The maximum absolute atomic E-state index is 12.2. The van der Waals surface area contributed by atoms with Gasteiger partial charge in [-0.05, 0) is 68.0 Å². The lowest BCUT2D eigenvalue weighted by atomic mass is 10.1. The van der Waals surface area contributed by atoms with E-state index in [0.29, 0.717) is 0 Å². The summed E-state index contributed by atoms with van der Waals surface area (Å²) < 4.78 is 1.17. The Kier molecular flexibility index (Phi) is 5.91. The minimum absolute atomic E-state index is 0.151. The number of nitrogens with zero attached hydrogens (tertiary/aromatic N) is 1. The average Bonchev–Trinajstić information content (AvgIpc) is 2.35. The van der Waals surface area contributed by atoms with Crippen LogP contribution in [0.15, 0.2) is 18.2 Å². The van der Waals surface area contributed by atoms with E-state index in [-0.39, 0.29) is 11.9 Å². The summed E-state index contributed by atoms with van der Waals surface area (Å²) in [5, 5.41) is 3.30. The van der Waals surface area contributed by atoms with Crippen LogP contribution in [0.4, 0.5) is 5.69 Å². The van der Waals surface area contributed by atoms with Gasteiger partial charge in [-0.3, -0.25) is 4.79 Å². The number of amides is 1. The molecule has 3 nitrogen and oxygen atoms in total. The SMILES string of the molecule is CCN(CC)C(=O)C(C)Nc1cc(I)ccc1C. The fourth-order valence-corrected chi connectivity index (χ4v) is 2.35. The van der Waals surface area contributed by atoms with Crippen molar-refractivity contribution in [2.45, 2.75) is 33.7 Å². The van der Waals surface area contributed by atoms with Gasteiger partial charge in [-0.25, -0.2) is 0 Å². The third kappa shape index (κ3) is 3.86. The van der Waals surface area contributed by atoms with Crippen LogP contribution in [0.5, 0.6) is 0 Å². The van der Waals surface area contributed by atoms with Crippen molar-refractivity contribution in [3.05, 3.63) is 27.3 Å². The molecule has 4 heteroatoms. The molecule has 1 unspecified atom stereocenters. The largest absolute Gasteiger partial charge is 0.374 e. The van der Waals surface area contributed by atoms with Gasteiger partial charge in [0.05, 0.1) is 0 Å². The molecule has 0 heterocycles. The smallest absolute Gasteiger partial charge is 0.244 e. The van der Waals surface area contributed by atoms with Crippen molar-refractivity contribution in [2.75, 3.05) is 18.4 Å². The summed E-state index contributed by atoms with van der Waals surface area (Å²) in [7, 11) is 0. The summed E-state index contributed by atoms with van der Waals surface area (Å²) in [6.45, 7) is 9.49. The van der Waals surface area contributed by atoms with Crippen LogP contribution in [0.2, 0.25) is 0 Å². The van der Waals surface area contributed by atoms with Crippen LogP contribution in [-0.4, -0.2) is 29.9 Å². The molecular formula is C14H21IN2O. The van der Waals surface area contributed by atoms with E-state index in [2.05, 4.69) is 46.1 Å². The maximum Gasteiger partial charge on any atom is 0.244 e. The molecule has 0 saturated carbocycles. The van der Waals surface area contributed by atoms with E-state index < -0.39 is 0 Å². The molecule has 1 aromatic carbocycles. The molecule has 0 aliphatic carbocycles. The van der Waals surface area contributed by atoms with Crippen LogP contribution in [0.1, 0.15) is 26.3 Å². The van der Waals surface area contributed by atoms with Gasteiger partial charge in [-0.1, -0.05) is 6.07 Å². The summed E-state index contributed by atoms with van der Waals surface area (Å²) in [6, 6.07) is 6.01. The molecule has 0 saturated heterocycles. The number of rotatable bonds is 5. The second-order valence-electron chi connectivity index (χ2n) is 4.34. The molecule has 0 bridgehead atoms. The molecule has 18 heavy (non-hydrogen) atoms. The maximum atomic E-state index is 12.2. The number of likely N-dealkylation sites (N-methyl/N-ethyl adjacent to an activating group) is 1. The van der Waals surface area contributed by atoms with Crippen molar-refractivity contribution in [1.29, 1.82) is 0 Å². The Labute approximate surface area is 123 Å². The predicted octanol–water partition coefficient (Wildman–Crippen LogP) is 3.27. The first-order valence-electron chi connectivity index (χ1n) is 6.31. The van der Waals surface area contributed by atoms with E-state index in [0.717, 1.165) is 24.3 Å². The summed E-state index contributed by atoms with van der Waals surface area (Å²) >= 11 is 2.28. The molecule has 1 rings (SSSR count). The highest BCUT2D eigenvalue weighted by Gasteiger charge is 2.18. The normalized spacial score (nSPS) is 12.1. The first-order valence-corrected chi connectivity index (χ1v) is 7.38. The average molecular weight is 360 g/mol. The van der Waals surface area contributed by atoms with Crippen LogP contribution in [0, 0.1) is 10.5 Å². The van der Waals surface area contributed by atoms with E-state index in [1.54, 1.807) is 0 Å². The van der Waals surface area contributed by atoms with E-state index in [1.165, 1.54) is 3.57 Å². The molecule has 0 spiro atoms. The Morgan fingerprint density at radius 1 is 1.39 bits per heavy atom. The van der Waals surface area contributed by atoms with Crippen LogP contribution in [0.25, 0.3) is 0 Å². The lowest BCUT2D eigenvalue weighted by Gasteiger charge is -2.24. The van der Waals surface area contributed by atoms with Crippen molar-refractivity contribution in [1.82, 2.24) is 4.90 Å². The Bertz CT molecular complexity index is 416. The molecular weight excluding hydrogens is 339 g/mol. The highest BCUT2D eigenvalue weighted by atomic mass is 127. The molecule has 0 aliphatic rings. The predicted molar refractivity (Wildman–Crippen MR) is 84.9 cm³/mol. The summed E-state index contributed by atoms with van der Waals surface area (Å²) in [4.78, 5) is 14.0. The number of halogens is 1. The van der Waals surface area contributed by atoms with Crippen molar-refractivity contribution in [2.24, 2.45) is 0 Å². The monoisotopic (exact) mass is 360 g/mol. The third-order valence-electron chi connectivity index (χ3n) is 3.02. The van der Waals surface area contributed by atoms with Gasteiger partial charge in [0, 0.05) is 22.3 Å². The molecule has 100 valence electrons. The number of benzene rings is 1. The zero-order valence-corrected chi connectivity index (χ0v) is 13.6. The topological polar surface area (TPSA) is 32.3 Å². The highest BCUT2D eigenvalue weighted by molar-refractivity contribution is 14.1. The summed E-state index contributed by atoms with van der Waals surface area (Å²) in [6.07, 6.45) is 0. The number of aryl methyl sites for hydroxylation is 1. The highest BCUT2D eigenvalue weighted by Crippen LogP contribution is 2.19. The van der Waals surface area contributed by atoms with Crippen molar-refractivity contribution in [3.8, 4) is 0 Å². The summed E-state index contributed by atoms with van der Waals surface area (Å²) in [5.74, 6) is 0.151. The fraction of sp³-hybridized carbons (Fsp3) is 0.500. The quantitative estimate of drug-likeness (QED) is 0.818. The van der Waals surface area contributed by atoms with Gasteiger partial charge in [-0.2, -0.15) is 0 Å².